The van der Waals surface area contributed by atoms with Crippen molar-refractivity contribution in [3.05, 3.63) is 0 Å². The van der Waals surface area contributed by atoms with Crippen molar-refractivity contribution in [3.63, 3.8) is 0 Å². The van der Waals surface area contributed by atoms with E-state index >= 15 is 0 Å². The zero-order chi connectivity index (χ0) is 11.2. The Balaban J connectivity index is 3.77. The third-order valence-electron chi connectivity index (χ3n) is 2.45. The van der Waals surface area contributed by atoms with E-state index in [0.717, 1.165) is 6.42 Å². The first-order valence-corrected chi connectivity index (χ1v) is 4.74. The Bertz CT molecular complexity index is 181. The highest BCUT2D eigenvalue weighted by Crippen LogP contribution is 2.17. The largest absolute Gasteiger partial charge is 0.396 e. The molecule has 0 aromatic rings. The fourth-order valence-corrected chi connectivity index (χ4v) is 0.904. The zero-order valence-electron chi connectivity index (χ0n) is 8.79. The van der Waals surface area contributed by atoms with Gasteiger partial charge >= 0.3 is 0 Å². The number of carbonyl (C=O) groups is 1. The summed E-state index contributed by atoms with van der Waals surface area (Å²) in [5.74, 6) is -0.736. The summed E-state index contributed by atoms with van der Waals surface area (Å²) in [6, 6.07) is 0. The van der Waals surface area contributed by atoms with Gasteiger partial charge in [0.2, 0.25) is 5.91 Å². The molecule has 0 heterocycles. The third kappa shape index (κ3) is 4.55. The second kappa shape index (κ2) is 5.95. The van der Waals surface area contributed by atoms with Crippen molar-refractivity contribution in [1.82, 2.24) is 5.32 Å². The van der Waals surface area contributed by atoms with Crippen LogP contribution in [0.1, 0.15) is 20.3 Å². The molecular formula is C9H20N2O3. The molecule has 0 aliphatic heterocycles. The molecule has 0 radical (unpaired) electrons. The maximum atomic E-state index is 10.5. The van der Waals surface area contributed by atoms with Gasteiger partial charge in [-0.05, 0) is 6.42 Å². The smallest absolute Gasteiger partial charge is 0.247 e. The van der Waals surface area contributed by atoms with Gasteiger partial charge in [0, 0.05) is 25.1 Å². The molecule has 0 rings (SSSR count). The molecule has 1 amide bonds. The molecule has 0 aromatic carbocycles. The number of nitrogens with two attached hydrogens (primary N) is 1. The van der Waals surface area contributed by atoms with Crippen LogP contribution in [0.3, 0.4) is 0 Å². The lowest BCUT2D eigenvalue weighted by Crippen LogP contribution is -2.42. The van der Waals surface area contributed by atoms with E-state index in [1.807, 2.05) is 13.8 Å². The highest BCUT2D eigenvalue weighted by Gasteiger charge is 2.21. The first-order chi connectivity index (χ1) is 6.45. The second-order valence-electron chi connectivity index (χ2n) is 3.87. The topological polar surface area (TPSA) is 95.6 Å². The van der Waals surface area contributed by atoms with Gasteiger partial charge in [-0.1, -0.05) is 13.8 Å². The van der Waals surface area contributed by atoms with Crippen LogP contribution in [0.15, 0.2) is 0 Å². The minimum Gasteiger partial charge on any atom is -0.396 e. The first-order valence-electron chi connectivity index (χ1n) is 4.74. The van der Waals surface area contributed by atoms with Gasteiger partial charge in [-0.25, -0.2) is 0 Å². The van der Waals surface area contributed by atoms with Crippen molar-refractivity contribution < 1.29 is 15.0 Å². The summed E-state index contributed by atoms with van der Waals surface area (Å²) in [6.07, 6.45) is -0.335. The summed E-state index contributed by atoms with van der Waals surface area (Å²) in [6.45, 7) is 4.65. The minimum atomic E-state index is -1.16. The Kier molecular flexibility index (Phi) is 5.68. The van der Waals surface area contributed by atoms with Crippen LogP contribution >= 0.6 is 0 Å². The van der Waals surface area contributed by atoms with Gasteiger partial charge in [0.05, 0.1) is 0 Å². The lowest BCUT2D eigenvalue weighted by Gasteiger charge is -2.26. The van der Waals surface area contributed by atoms with Crippen LogP contribution in [0.25, 0.3) is 0 Å². The predicted molar refractivity (Wildman–Crippen MR) is 53.6 cm³/mol. The Labute approximate surface area is 84.3 Å². The van der Waals surface area contributed by atoms with Crippen molar-refractivity contribution in [2.24, 2.45) is 11.1 Å². The molecule has 0 bridgehead atoms. The minimum absolute atomic E-state index is 0.0726. The highest BCUT2D eigenvalue weighted by atomic mass is 16.3. The van der Waals surface area contributed by atoms with E-state index in [1.54, 1.807) is 0 Å². The quantitative estimate of drug-likeness (QED) is 0.420. The van der Waals surface area contributed by atoms with Gasteiger partial charge in [-0.15, -0.1) is 0 Å². The number of hydrogen-bond donors (Lipinski definition) is 4. The molecule has 0 saturated carbocycles. The molecule has 5 heteroatoms. The van der Waals surface area contributed by atoms with Crippen LogP contribution in [0, 0.1) is 5.41 Å². The predicted octanol–water partition coefficient (Wildman–Crippen LogP) is -1.17. The Morgan fingerprint density at radius 2 is 2.21 bits per heavy atom. The summed E-state index contributed by atoms with van der Waals surface area (Å²) in [4.78, 5) is 10.5. The van der Waals surface area contributed by atoms with Crippen LogP contribution in [-0.4, -0.2) is 41.9 Å². The van der Waals surface area contributed by atoms with Crippen molar-refractivity contribution in [2.45, 2.75) is 26.4 Å². The molecule has 2 atom stereocenters. The summed E-state index contributed by atoms with van der Waals surface area (Å²) >= 11 is 0. The SMILES string of the molecule is CCC(C)(CO)CNCC(O)C(N)=O. The van der Waals surface area contributed by atoms with Crippen LogP contribution in [0.2, 0.25) is 0 Å². The molecule has 0 aromatic heterocycles. The van der Waals surface area contributed by atoms with Gasteiger partial charge < -0.3 is 21.3 Å². The van der Waals surface area contributed by atoms with Gasteiger partial charge in [0.15, 0.2) is 0 Å². The van der Waals surface area contributed by atoms with E-state index < -0.39 is 12.0 Å². The third-order valence-corrected chi connectivity index (χ3v) is 2.45. The number of aliphatic hydroxyl groups is 2. The number of rotatable bonds is 7. The fourth-order valence-electron chi connectivity index (χ4n) is 0.904. The zero-order valence-corrected chi connectivity index (χ0v) is 8.79. The van der Waals surface area contributed by atoms with E-state index in [1.165, 1.54) is 0 Å². The van der Waals surface area contributed by atoms with Crippen LogP contribution < -0.4 is 11.1 Å². The summed E-state index contributed by atoms with van der Waals surface area (Å²) < 4.78 is 0. The van der Waals surface area contributed by atoms with Crippen molar-refractivity contribution >= 4 is 5.91 Å². The molecule has 84 valence electrons. The fraction of sp³-hybridized carbons (Fsp3) is 0.889. The second-order valence-corrected chi connectivity index (χ2v) is 3.87. The van der Waals surface area contributed by atoms with E-state index in [4.69, 9.17) is 15.9 Å². The maximum Gasteiger partial charge on any atom is 0.247 e. The summed E-state index contributed by atoms with van der Waals surface area (Å²) in [5.41, 5.74) is 4.66. The molecule has 5 nitrogen and oxygen atoms in total. The number of nitrogens with one attached hydrogen (secondary N) is 1. The molecular weight excluding hydrogens is 184 g/mol. The Morgan fingerprint density at radius 1 is 1.64 bits per heavy atom. The van der Waals surface area contributed by atoms with Gasteiger partial charge in [-0.2, -0.15) is 0 Å². The van der Waals surface area contributed by atoms with E-state index in [-0.39, 0.29) is 18.6 Å². The monoisotopic (exact) mass is 204 g/mol. The Morgan fingerprint density at radius 3 is 2.57 bits per heavy atom. The molecule has 0 spiro atoms. The van der Waals surface area contributed by atoms with Gasteiger partial charge in [-0.3, -0.25) is 4.79 Å². The molecule has 2 unspecified atom stereocenters. The molecule has 0 aliphatic rings. The van der Waals surface area contributed by atoms with Crippen molar-refractivity contribution in [1.29, 1.82) is 0 Å². The van der Waals surface area contributed by atoms with Crippen LogP contribution in [0.4, 0.5) is 0 Å². The van der Waals surface area contributed by atoms with E-state index in [2.05, 4.69) is 5.32 Å². The molecule has 0 aliphatic carbocycles. The number of hydrogen-bond acceptors (Lipinski definition) is 4. The lowest BCUT2D eigenvalue weighted by molar-refractivity contribution is -0.125. The van der Waals surface area contributed by atoms with E-state index in [0.29, 0.717) is 6.54 Å². The molecule has 0 fully saturated rings. The normalized spacial score (nSPS) is 17.4. The van der Waals surface area contributed by atoms with Crippen molar-refractivity contribution in [2.75, 3.05) is 19.7 Å². The Hall–Kier alpha value is -0.650. The molecule has 14 heavy (non-hydrogen) atoms. The number of primary amides is 1. The number of carbonyl (C=O) groups excluding carboxylic acids is 1. The lowest BCUT2D eigenvalue weighted by atomic mass is 9.88. The van der Waals surface area contributed by atoms with Crippen LogP contribution in [-0.2, 0) is 4.79 Å². The summed E-state index contributed by atoms with van der Waals surface area (Å²) in [5, 5.41) is 21.0. The van der Waals surface area contributed by atoms with Crippen LogP contribution in [0.5, 0.6) is 0 Å². The maximum absolute atomic E-state index is 10.5. The van der Waals surface area contributed by atoms with Gasteiger partial charge in [0.1, 0.15) is 6.10 Å². The number of aliphatic hydroxyl groups excluding tert-OH is 2. The first kappa shape index (κ1) is 13.4. The van der Waals surface area contributed by atoms with Crippen molar-refractivity contribution in [3.8, 4) is 0 Å². The average molecular weight is 204 g/mol. The van der Waals surface area contributed by atoms with Gasteiger partial charge in [0.25, 0.3) is 0 Å². The molecule has 5 N–H and O–H groups in total. The van der Waals surface area contributed by atoms with E-state index in [9.17, 15) is 4.79 Å². The summed E-state index contributed by atoms with van der Waals surface area (Å²) in [7, 11) is 0. The average Bonchev–Trinajstić information content (AvgIpc) is 2.17. The molecule has 0 saturated heterocycles. The standard InChI is InChI=1S/C9H20N2O3/c1-3-9(2,6-12)5-11-4-7(13)8(10)14/h7,11-13H,3-6H2,1-2H3,(H2,10,14). The number of amides is 1. The highest BCUT2D eigenvalue weighted by molar-refractivity contribution is 5.78.